The maximum atomic E-state index is 5.42. The first-order valence-corrected chi connectivity index (χ1v) is 5.33. The van der Waals surface area contributed by atoms with Crippen LogP contribution in [0, 0.1) is 0 Å². The minimum absolute atomic E-state index is 0.404. The Balaban J connectivity index is 2.47. The Morgan fingerprint density at radius 3 is 3.00 bits per heavy atom. The van der Waals surface area contributed by atoms with Crippen molar-refractivity contribution >= 4 is 15.9 Å². The lowest BCUT2D eigenvalue weighted by Gasteiger charge is -2.16. The van der Waals surface area contributed by atoms with E-state index in [-0.39, 0.29) is 0 Å². The van der Waals surface area contributed by atoms with Crippen molar-refractivity contribution in [3.05, 3.63) is 15.9 Å². The van der Waals surface area contributed by atoms with Gasteiger partial charge in [0, 0.05) is 18.0 Å². The van der Waals surface area contributed by atoms with Crippen molar-refractivity contribution < 1.29 is 4.74 Å². The summed E-state index contributed by atoms with van der Waals surface area (Å²) in [5.74, 6) is 0. The summed E-state index contributed by atoms with van der Waals surface area (Å²) in [6, 6.07) is 0.404. The van der Waals surface area contributed by atoms with Crippen LogP contribution in [0.4, 0.5) is 0 Å². The van der Waals surface area contributed by atoms with E-state index in [0.29, 0.717) is 12.6 Å². The molecule has 1 aromatic heterocycles. The molecule has 0 bridgehead atoms. The highest BCUT2D eigenvalue weighted by atomic mass is 79.9. The lowest BCUT2D eigenvalue weighted by Crippen LogP contribution is -2.14. The van der Waals surface area contributed by atoms with Crippen LogP contribution in [-0.4, -0.2) is 16.4 Å². The van der Waals surface area contributed by atoms with E-state index in [4.69, 9.17) is 4.74 Å². The van der Waals surface area contributed by atoms with Crippen LogP contribution in [0.15, 0.2) is 4.60 Å². The summed E-state index contributed by atoms with van der Waals surface area (Å²) in [7, 11) is 0. The predicted octanol–water partition coefficient (Wildman–Crippen LogP) is 2.30. The van der Waals surface area contributed by atoms with Gasteiger partial charge in [-0.2, -0.15) is 5.10 Å². The summed E-state index contributed by atoms with van der Waals surface area (Å²) in [5.41, 5.74) is 2.55. The van der Waals surface area contributed by atoms with Crippen molar-refractivity contribution in [3.8, 4) is 0 Å². The highest BCUT2D eigenvalue weighted by Gasteiger charge is 2.20. The Labute approximate surface area is 86.2 Å². The average Bonchev–Trinajstić information content (AvgIpc) is 2.45. The largest absolute Gasteiger partial charge is 0.375 e. The van der Waals surface area contributed by atoms with Crippen LogP contribution in [0.3, 0.4) is 0 Å². The SMILES string of the molecule is CC(C)n1nc(Br)c2c1COCC2. The molecule has 0 spiro atoms. The fraction of sp³-hybridized carbons (Fsp3) is 0.667. The molecule has 0 aliphatic carbocycles. The van der Waals surface area contributed by atoms with E-state index < -0.39 is 0 Å². The van der Waals surface area contributed by atoms with Crippen LogP contribution in [0.1, 0.15) is 31.1 Å². The Morgan fingerprint density at radius 2 is 2.31 bits per heavy atom. The number of nitrogens with zero attached hydrogens (tertiary/aromatic N) is 2. The van der Waals surface area contributed by atoms with Crippen LogP contribution in [-0.2, 0) is 17.8 Å². The Morgan fingerprint density at radius 1 is 1.54 bits per heavy atom. The van der Waals surface area contributed by atoms with Crippen LogP contribution < -0.4 is 0 Å². The van der Waals surface area contributed by atoms with Crippen molar-refractivity contribution in [3.63, 3.8) is 0 Å². The highest BCUT2D eigenvalue weighted by molar-refractivity contribution is 9.10. The molecular formula is C9H13BrN2O. The molecule has 0 saturated carbocycles. The van der Waals surface area contributed by atoms with E-state index in [1.807, 2.05) is 4.68 Å². The van der Waals surface area contributed by atoms with Gasteiger partial charge in [0.2, 0.25) is 0 Å². The van der Waals surface area contributed by atoms with Gasteiger partial charge in [-0.05, 0) is 29.8 Å². The molecule has 1 aliphatic rings. The normalized spacial score (nSPS) is 16.3. The van der Waals surface area contributed by atoms with Gasteiger partial charge in [-0.15, -0.1) is 0 Å². The van der Waals surface area contributed by atoms with E-state index in [0.717, 1.165) is 17.6 Å². The molecule has 0 atom stereocenters. The molecule has 0 saturated heterocycles. The first-order valence-electron chi connectivity index (χ1n) is 4.53. The molecule has 1 aromatic rings. The molecule has 0 radical (unpaired) electrons. The molecule has 0 aromatic carbocycles. The maximum absolute atomic E-state index is 5.42. The van der Waals surface area contributed by atoms with Gasteiger partial charge in [0.1, 0.15) is 4.60 Å². The van der Waals surface area contributed by atoms with Crippen molar-refractivity contribution in [2.45, 2.75) is 32.9 Å². The van der Waals surface area contributed by atoms with Crippen LogP contribution in [0.2, 0.25) is 0 Å². The van der Waals surface area contributed by atoms with E-state index in [9.17, 15) is 0 Å². The Bertz CT molecular complexity index is 320. The molecule has 0 N–H and O–H groups in total. The van der Waals surface area contributed by atoms with E-state index in [1.54, 1.807) is 0 Å². The van der Waals surface area contributed by atoms with Gasteiger partial charge < -0.3 is 4.74 Å². The quantitative estimate of drug-likeness (QED) is 0.759. The first kappa shape index (κ1) is 9.21. The number of hydrogen-bond acceptors (Lipinski definition) is 2. The lowest BCUT2D eigenvalue weighted by atomic mass is 10.1. The van der Waals surface area contributed by atoms with E-state index >= 15 is 0 Å². The molecule has 4 heteroatoms. The van der Waals surface area contributed by atoms with Gasteiger partial charge in [0.25, 0.3) is 0 Å². The van der Waals surface area contributed by atoms with Gasteiger partial charge in [-0.1, -0.05) is 0 Å². The van der Waals surface area contributed by atoms with Crippen molar-refractivity contribution in [2.24, 2.45) is 0 Å². The van der Waals surface area contributed by atoms with Crippen molar-refractivity contribution in [2.75, 3.05) is 6.61 Å². The minimum Gasteiger partial charge on any atom is -0.375 e. The number of rotatable bonds is 1. The zero-order valence-electron chi connectivity index (χ0n) is 7.88. The first-order chi connectivity index (χ1) is 6.20. The van der Waals surface area contributed by atoms with E-state index in [2.05, 4.69) is 34.9 Å². The van der Waals surface area contributed by atoms with E-state index in [1.165, 1.54) is 11.3 Å². The third kappa shape index (κ3) is 1.53. The highest BCUT2D eigenvalue weighted by Crippen LogP contribution is 2.26. The topological polar surface area (TPSA) is 27.1 Å². The fourth-order valence-electron chi connectivity index (χ4n) is 1.64. The van der Waals surface area contributed by atoms with Crippen molar-refractivity contribution in [1.82, 2.24) is 9.78 Å². The zero-order valence-corrected chi connectivity index (χ0v) is 9.47. The third-order valence-corrected chi connectivity index (χ3v) is 2.93. The molecule has 2 rings (SSSR count). The lowest BCUT2D eigenvalue weighted by molar-refractivity contribution is 0.103. The summed E-state index contributed by atoms with van der Waals surface area (Å²) >= 11 is 3.48. The summed E-state index contributed by atoms with van der Waals surface area (Å²) in [6.45, 7) is 5.78. The molecular weight excluding hydrogens is 232 g/mol. The number of aromatic nitrogens is 2. The Kier molecular flexibility index (Phi) is 2.43. The minimum atomic E-state index is 0.404. The molecule has 2 heterocycles. The second kappa shape index (κ2) is 3.42. The van der Waals surface area contributed by atoms with Gasteiger partial charge in [-0.3, -0.25) is 4.68 Å². The monoisotopic (exact) mass is 244 g/mol. The number of ether oxygens (including phenoxy) is 1. The smallest absolute Gasteiger partial charge is 0.131 e. The van der Waals surface area contributed by atoms with Crippen molar-refractivity contribution in [1.29, 1.82) is 0 Å². The standard InChI is InChI=1S/C9H13BrN2O/c1-6(2)12-8-5-13-4-3-7(8)9(10)11-12/h6H,3-5H2,1-2H3. The van der Waals surface area contributed by atoms with Crippen LogP contribution in [0.5, 0.6) is 0 Å². The third-order valence-electron chi connectivity index (χ3n) is 2.29. The molecule has 0 fully saturated rings. The summed E-state index contributed by atoms with van der Waals surface area (Å²) in [5, 5.41) is 4.45. The van der Waals surface area contributed by atoms with Gasteiger partial charge in [-0.25, -0.2) is 0 Å². The zero-order chi connectivity index (χ0) is 9.42. The molecule has 0 amide bonds. The molecule has 0 unspecified atom stereocenters. The maximum Gasteiger partial charge on any atom is 0.131 e. The second-order valence-corrected chi connectivity index (χ2v) is 4.31. The summed E-state index contributed by atoms with van der Waals surface area (Å²) < 4.78 is 8.44. The summed E-state index contributed by atoms with van der Waals surface area (Å²) in [4.78, 5) is 0. The Hall–Kier alpha value is -0.350. The average molecular weight is 245 g/mol. The number of fused-ring (bicyclic) bond motifs is 1. The number of halogens is 1. The fourth-order valence-corrected chi connectivity index (χ4v) is 2.24. The van der Waals surface area contributed by atoms with Crippen LogP contribution in [0.25, 0.3) is 0 Å². The summed E-state index contributed by atoms with van der Waals surface area (Å²) in [6.07, 6.45) is 0.975. The molecule has 13 heavy (non-hydrogen) atoms. The molecule has 72 valence electrons. The number of hydrogen-bond donors (Lipinski definition) is 0. The van der Waals surface area contributed by atoms with Gasteiger partial charge >= 0.3 is 0 Å². The predicted molar refractivity (Wildman–Crippen MR) is 53.7 cm³/mol. The van der Waals surface area contributed by atoms with Crippen LogP contribution >= 0.6 is 15.9 Å². The molecule has 3 nitrogen and oxygen atoms in total. The van der Waals surface area contributed by atoms with Gasteiger partial charge in [0.05, 0.1) is 18.9 Å². The van der Waals surface area contributed by atoms with Gasteiger partial charge in [0.15, 0.2) is 0 Å². The molecule has 1 aliphatic heterocycles. The second-order valence-electron chi connectivity index (χ2n) is 3.56.